The number of rotatable bonds is 8. The first-order chi connectivity index (χ1) is 8.67. The molecule has 0 aliphatic heterocycles. The first-order valence-corrected chi connectivity index (χ1v) is 7.18. The topological polar surface area (TPSA) is 15.3 Å². The minimum Gasteiger partial charge on any atom is -0.374 e. The summed E-state index contributed by atoms with van der Waals surface area (Å²) in [6.45, 7) is 10.0. The number of nitrogens with zero attached hydrogens (tertiary/aromatic N) is 1. The van der Waals surface area contributed by atoms with Crippen LogP contribution in [0.25, 0.3) is 0 Å². The summed E-state index contributed by atoms with van der Waals surface area (Å²) in [4.78, 5) is 2.34. The van der Waals surface area contributed by atoms with Crippen LogP contribution in [-0.2, 0) is 6.42 Å². The summed E-state index contributed by atoms with van der Waals surface area (Å²) in [5, 5.41) is 3.48. The molecule has 18 heavy (non-hydrogen) atoms. The Kier molecular flexibility index (Phi) is 6.81. The van der Waals surface area contributed by atoms with Gasteiger partial charge in [-0.25, -0.2) is 0 Å². The van der Waals surface area contributed by atoms with Crippen molar-refractivity contribution < 1.29 is 0 Å². The molecule has 1 atom stereocenters. The van der Waals surface area contributed by atoms with E-state index in [1.54, 1.807) is 0 Å². The average Bonchev–Trinajstić information content (AvgIpc) is 2.39. The van der Waals surface area contributed by atoms with Crippen molar-refractivity contribution in [3.8, 4) is 0 Å². The van der Waals surface area contributed by atoms with Crippen molar-refractivity contribution >= 4 is 5.69 Å². The highest BCUT2D eigenvalue weighted by atomic mass is 15.1. The van der Waals surface area contributed by atoms with Crippen LogP contribution in [-0.4, -0.2) is 26.7 Å². The molecule has 0 fully saturated rings. The molecule has 1 aromatic rings. The second-order valence-electron chi connectivity index (χ2n) is 5.21. The minimum absolute atomic E-state index is 0.674. The number of nitrogens with one attached hydrogen (secondary N) is 1. The summed E-state index contributed by atoms with van der Waals surface area (Å²) in [6, 6.07) is 8.91. The third-order valence-electron chi connectivity index (χ3n) is 3.29. The summed E-state index contributed by atoms with van der Waals surface area (Å²) < 4.78 is 0. The van der Waals surface area contributed by atoms with Crippen molar-refractivity contribution in [2.45, 2.75) is 33.6 Å². The van der Waals surface area contributed by atoms with Crippen LogP contribution in [0.5, 0.6) is 0 Å². The van der Waals surface area contributed by atoms with E-state index in [0.717, 1.165) is 26.1 Å². The SMILES string of the molecule is CCCNCC(C)CN(C)c1ccc(CC)cc1. The lowest BCUT2D eigenvalue weighted by atomic mass is 10.1. The number of hydrogen-bond donors (Lipinski definition) is 1. The molecular weight excluding hydrogens is 220 g/mol. The van der Waals surface area contributed by atoms with Crippen molar-refractivity contribution in [1.29, 1.82) is 0 Å². The van der Waals surface area contributed by atoms with E-state index in [1.807, 2.05) is 0 Å². The zero-order valence-electron chi connectivity index (χ0n) is 12.4. The van der Waals surface area contributed by atoms with E-state index in [-0.39, 0.29) is 0 Å². The minimum atomic E-state index is 0.674. The highest BCUT2D eigenvalue weighted by Gasteiger charge is 2.06. The van der Waals surface area contributed by atoms with Gasteiger partial charge in [0.2, 0.25) is 0 Å². The molecule has 1 aromatic carbocycles. The summed E-state index contributed by atoms with van der Waals surface area (Å²) in [5.74, 6) is 0.674. The maximum Gasteiger partial charge on any atom is 0.0363 e. The van der Waals surface area contributed by atoms with E-state index in [1.165, 1.54) is 17.7 Å². The van der Waals surface area contributed by atoms with Crippen LogP contribution in [0.4, 0.5) is 5.69 Å². The average molecular weight is 248 g/mol. The molecule has 1 rings (SSSR count). The largest absolute Gasteiger partial charge is 0.374 e. The van der Waals surface area contributed by atoms with Crippen LogP contribution in [0, 0.1) is 5.92 Å². The molecule has 2 nitrogen and oxygen atoms in total. The van der Waals surface area contributed by atoms with Crippen LogP contribution in [0.15, 0.2) is 24.3 Å². The molecule has 0 aliphatic carbocycles. The van der Waals surface area contributed by atoms with Gasteiger partial charge in [0, 0.05) is 19.3 Å². The van der Waals surface area contributed by atoms with Crippen LogP contribution in [0.1, 0.15) is 32.8 Å². The number of hydrogen-bond acceptors (Lipinski definition) is 2. The molecule has 0 heterocycles. The quantitative estimate of drug-likeness (QED) is 0.710. The van der Waals surface area contributed by atoms with Gasteiger partial charge < -0.3 is 10.2 Å². The zero-order chi connectivity index (χ0) is 13.4. The van der Waals surface area contributed by atoms with E-state index in [9.17, 15) is 0 Å². The summed E-state index contributed by atoms with van der Waals surface area (Å²) in [7, 11) is 2.18. The highest BCUT2D eigenvalue weighted by molar-refractivity contribution is 5.46. The van der Waals surface area contributed by atoms with Gasteiger partial charge in [-0.15, -0.1) is 0 Å². The van der Waals surface area contributed by atoms with Crippen molar-refractivity contribution in [2.24, 2.45) is 5.92 Å². The van der Waals surface area contributed by atoms with E-state index in [2.05, 4.69) is 62.3 Å². The van der Waals surface area contributed by atoms with Gasteiger partial charge in [-0.2, -0.15) is 0 Å². The number of aryl methyl sites for hydroxylation is 1. The van der Waals surface area contributed by atoms with Crippen LogP contribution in [0.2, 0.25) is 0 Å². The van der Waals surface area contributed by atoms with Crippen molar-refractivity contribution in [2.75, 3.05) is 31.6 Å². The molecule has 0 saturated carbocycles. The third-order valence-corrected chi connectivity index (χ3v) is 3.29. The second kappa shape index (κ2) is 8.15. The first-order valence-electron chi connectivity index (χ1n) is 7.18. The second-order valence-corrected chi connectivity index (χ2v) is 5.21. The van der Waals surface area contributed by atoms with Crippen LogP contribution < -0.4 is 10.2 Å². The van der Waals surface area contributed by atoms with Gasteiger partial charge in [0.25, 0.3) is 0 Å². The molecule has 0 spiro atoms. The molecule has 1 N–H and O–H groups in total. The molecule has 1 unspecified atom stereocenters. The third kappa shape index (κ3) is 5.09. The fraction of sp³-hybridized carbons (Fsp3) is 0.625. The maximum atomic E-state index is 3.48. The monoisotopic (exact) mass is 248 g/mol. The normalized spacial score (nSPS) is 12.4. The van der Waals surface area contributed by atoms with E-state index < -0.39 is 0 Å². The van der Waals surface area contributed by atoms with Gasteiger partial charge in [0.05, 0.1) is 0 Å². The fourth-order valence-electron chi connectivity index (χ4n) is 2.15. The molecule has 0 aliphatic rings. The highest BCUT2D eigenvalue weighted by Crippen LogP contribution is 2.15. The molecule has 2 heteroatoms. The van der Waals surface area contributed by atoms with Gasteiger partial charge in [-0.3, -0.25) is 0 Å². The summed E-state index contributed by atoms with van der Waals surface area (Å²) >= 11 is 0. The zero-order valence-corrected chi connectivity index (χ0v) is 12.4. The van der Waals surface area contributed by atoms with Gasteiger partial charge in [-0.05, 0) is 49.5 Å². The Balaban J connectivity index is 2.40. The van der Waals surface area contributed by atoms with Gasteiger partial charge in [-0.1, -0.05) is 32.9 Å². The van der Waals surface area contributed by atoms with Gasteiger partial charge >= 0.3 is 0 Å². The summed E-state index contributed by atoms with van der Waals surface area (Å²) in [5.41, 5.74) is 2.72. The lowest BCUT2D eigenvalue weighted by molar-refractivity contribution is 0.512. The Labute approximate surface area is 112 Å². The van der Waals surface area contributed by atoms with E-state index in [4.69, 9.17) is 0 Å². The Hall–Kier alpha value is -1.02. The number of anilines is 1. The molecule has 0 bridgehead atoms. The Morgan fingerprint density at radius 3 is 2.39 bits per heavy atom. The maximum absolute atomic E-state index is 3.48. The molecule has 0 saturated heterocycles. The van der Waals surface area contributed by atoms with E-state index in [0.29, 0.717) is 5.92 Å². The van der Waals surface area contributed by atoms with Crippen LogP contribution >= 0.6 is 0 Å². The molecule has 0 aromatic heterocycles. The lowest BCUT2D eigenvalue weighted by Crippen LogP contribution is -2.31. The molecule has 0 radical (unpaired) electrons. The Morgan fingerprint density at radius 2 is 1.83 bits per heavy atom. The lowest BCUT2D eigenvalue weighted by Gasteiger charge is -2.24. The smallest absolute Gasteiger partial charge is 0.0363 e. The van der Waals surface area contributed by atoms with Crippen molar-refractivity contribution in [3.63, 3.8) is 0 Å². The Bertz CT molecular complexity index is 318. The standard InChI is InChI=1S/C16H28N2/c1-5-11-17-12-14(3)13-18(4)16-9-7-15(6-2)8-10-16/h7-10,14,17H,5-6,11-13H2,1-4H3. The predicted octanol–water partition coefficient (Wildman–Crippen LogP) is 3.32. The summed E-state index contributed by atoms with van der Waals surface area (Å²) in [6.07, 6.45) is 2.32. The van der Waals surface area contributed by atoms with Gasteiger partial charge in [0.15, 0.2) is 0 Å². The molecular formula is C16H28N2. The van der Waals surface area contributed by atoms with Gasteiger partial charge in [0.1, 0.15) is 0 Å². The van der Waals surface area contributed by atoms with Crippen molar-refractivity contribution in [3.05, 3.63) is 29.8 Å². The Morgan fingerprint density at radius 1 is 1.17 bits per heavy atom. The number of benzene rings is 1. The predicted molar refractivity (Wildman–Crippen MR) is 81.4 cm³/mol. The molecule has 0 amide bonds. The van der Waals surface area contributed by atoms with Crippen LogP contribution in [0.3, 0.4) is 0 Å². The van der Waals surface area contributed by atoms with E-state index >= 15 is 0 Å². The molecule has 102 valence electrons. The first kappa shape index (κ1) is 15.0. The fourth-order valence-corrected chi connectivity index (χ4v) is 2.15. The van der Waals surface area contributed by atoms with Crippen molar-refractivity contribution in [1.82, 2.24) is 5.32 Å².